The number of hydrogen-bond donors (Lipinski definition) is 2. The van der Waals surface area contributed by atoms with E-state index in [4.69, 9.17) is 23.2 Å². The predicted octanol–water partition coefficient (Wildman–Crippen LogP) is 4.74. The Labute approximate surface area is 148 Å². The van der Waals surface area contributed by atoms with E-state index in [1.54, 1.807) is 18.2 Å². The van der Waals surface area contributed by atoms with E-state index >= 15 is 0 Å². The highest BCUT2D eigenvalue weighted by Gasteiger charge is 2.07. The summed E-state index contributed by atoms with van der Waals surface area (Å²) >= 11 is 11.9. The zero-order valence-corrected chi connectivity index (χ0v) is 14.1. The van der Waals surface area contributed by atoms with Gasteiger partial charge in [-0.3, -0.25) is 9.59 Å². The summed E-state index contributed by atoms with van der Waals surface area (Å²) in [6, 6.07) is 8.94. The minimum Gasteiger partial charge on any atom is -0.324 e. The fourth-order valence-corrected chi connectivity index (χ4v) is 2.26. The third kappa shape index (κ3) is 4.81. The summed E-state index contributed by atoms with van der Waals surface area (Å²) in [5.41, 5.74) is 0.923. The van der Waals surface area contributed by atoms with Crippen molar-refractivity contribution in [3.05, 3.63) is 63.9 Å². The van der Waals surface area contributed by atoms with Crippen LogP contribution in [0.1, 0.15) is 12.5 Å². The highest BCUT2D eigenvalue weighted by molar-refractivity contribution is 6.42. The lowest BCUT2D eigenvalue weighted by Gasteiger charge is -2.07. The van der Waals surface area contributed by atoms with Gasteiger partial charge in [-0.2, -0.15) is 0 Å². The molecule has 4 nitrogen and oxygen atoms in total. The second-order valence-electron chi connectivity index (χ2n) is 4.84. The lowest BCUT2D eigenvalue weighted by atomic mass is 10.2. The zero-order valence-electron chi connectivity index (χ0n) is 12.6. The van der Waals surface area contributed by atoms with Gasteiger partial charge in [-0.15, -0.1) is 0 Å². The first-order chi connectivity index (χ1) is 11.4. The van der Waals surface area contributed by atoms with Gasteiger partial charge in [0.2, 0.25) is 11.8 Å². The molecular formula is C17H13Cl2FN2O2. The lowest BCUT2D eigenvalue weighted by Crippen LogP contribution is -2.10. The second-order valence-corrected chi connectivity index (χ2v) is 5.63. The molecule has 0 saturated heterocycles. The van der Waals surface area contributed by atoms with Crippen molar-refractivity contribution >= 4 is 52.5 Å². The first kappa shape index (κ1) is 18.0. The highest BCUT2D eigenvalue weighted by atomic mass is 35.5. The van der Waals surface area contributed by atoms with E-state index in [0.29, 0.717) is 21.3 Å². The van der Waals surface area contributed by atoms with Gasteiger partial charge in [-0.25, -0.2) is 4.39 Å². The van der Waals surface area contributed by atoms with Gasteiger partial charge >= 0.3 is 0 Å². The van der Waals surface area contributed by atoms with E-state index in [0.717, 1.165) is 6.07 Å². The van der Waals surface area contributed by atoms with Crippen molar-refractivity contribution in [1.29, 1.82) is 0 Å². The van der Waals surface area contributed by atoms with Crippen LogP contribution in [-0.2, 0) is 9.59 Å². The van der Waals surface area contributed by atoms with Crippen LogP contribution < -0.4 is 10.6 Å². The molecule has 0 spiro atoms. The van der Waals surface area contributed by atoms with E-state index in [2.05, 4.69) is 10.6 Å². The van der Waals surface area contributed by atoms with Gasteiger partial charge in [-0.1, -0.05) is 35.3 Å². The number of nitrogens with one attached hydrogen (secondary N) is 2. The third-order valence-corrected chi connectivity index (χ3v) is 3.77. The summed E-state index contributed by atoms with van der Waals surface area (Å²) in [7, 11) is 0. The van der Waals surface area contributed by atoms with E-state index in [1.807, 2.05) is 0 Å². The monoisotopic (exact) mass is 366 g/mol. The number of rotatable bonds is 4. The van der Waals surface area contributed by atoms with Crippen LogP contribution in [0.4, 0.5) is 15.8 Å². The van der Waals surface area contributed by atoms with Gasteiger partial charge < -0.3 is 10.6 Å². The van der Waals surface area contributed by atoms with Crippen molar-refractivity contribution in [1.82, 2.24) is 0 Å². The maximum absolute atomic E-state index is 13.6. The quantitative estimate of drug-likeness (QED) is 0.767. The summed E-state index contributed by atoms with van der Waals surface area (Å²) < 4.78 is 13.6. The number of carbonyl (C=O) groups is 2. The Bertz CT molecular complexity index is 822. The number of halogens is 3. The summed E-state index contributed by atoms with van der Waals surface area (Å²) in [6.45, 7) is 1.27. The molecule has 124 valence electrons. The molecule has 0 aliphatic carbocycles. The molecule has 0 aromatic heterocycles. The number of carbonyl (C=O) groups excluding carboxylic acids is 2. The molecule has 0 bridgehead atoms. The molecule has 0 unspecified atom stereocenters. The SMILES string of the molecule is CC(=O)Nc1cc(NC(=O)/C=C/c2cccc(Cl)c2Cl)ccc1F. The van der Waals surface area contributed by atoms with Crippen LogP contribution in [0.25, 0.3) is 6.08 Å². The van der Waals surface area contributed by atoms with Crippen LogP contribution in [0.5, 0.6) is 0 Å². The minimum absolute atomic E-state index is 0.0119. The minimum atomic E-state index is -0.593. The van der Waals surface area contributed by atoms with E-state index < -0.39 is 17.6 Å². The van der Waals surface area contributed by atoms with Gasteiger partial charge in [0.1, 0.15) is 5.82 Å². The van der Waals surface area contributed by atoms with E-state index in [9.17, 15) is 14.0 Å². The van der Waals surface area contributed by atoms with Crippen molar-refractivity contribution in [3.63, 3.8) is 0 Å². The second kappa shape index (κ2) is 7.95. The maximum atomic E-state index is 13.6. The van der Waals surface area contributed by atoms with Gasteiger partial charge in [0.25, 0.3) is 0 Å². The molecule has 0 atom stereocenters. The van der Waals surface area contributed by atoms with Gasteiger partial charge in [0, 0.05) is 18.7 Å². The first-order valence-electron chi connectivity index (χ1n) is 6.87. The summed E-state index contributed by atoms with van der Waals surface area (Å²) in [6.07, 6.45) is 2.79. The standard InChI is InChI=1S/C17H13Cl2FN2O2/c1-10(23)21-15-9-12(6-7-14(15)20)22-16(24)8-5-11-3-2-4-13(18)17(11)19/h2-9H,1H3,(H,21,23)(H,22,24)/b8-5+. The van der Waals surface area contributed by atoms with Gasteiger partial charge in [-0.05, 0) is 35.9 Å². The smallest absolute Gasteiger partial charge is 0.248 e. The summed E-state index contributed by atoms with van der Waals surface area (Å²) in [4.78, 5) is 23.0. The molecule has 0 fully saturated rings. The van der Waals surface area contributed by atoms with Crippen LogP contribution in [0.15, 0.2) is 42.5 Å². The molecule has 2 amide bonds. The van der Waals surface area contributed by atoms with Crippen LogP contribution >= 0.6 is 23.2 Å². The Morgan fingerprint density at radius 2 is 1.88 bits per heavy atom. The Morgan fingerprint density at radius 3 is 2.58 bits per heavy atom. The van der Waals surface area contributed by atoms with Crippen molar-refractivity contribution in [2.24, 2.45) is 0 Å². The number of hydrogen-bond acceptors (Lipinski definition) is 2. The average Bonchev–Trinajstić information content (AvgIpc) is 2.51. The molecule has 2 rings (SSSR count). The molecule has 0 radical (unpaired) electrons. The molecule has 2 N–H and O–H groups in total. The average molecular weight is 367 g/mol. The van der Waals surface area contributed by atoms with Gasteiger partial charge in [0.15, 0.2) is 0 Å². The predicted molar refractivity (Wildman–Crippen MR) is 94.8 cm³/mol. The molecule has 0 saturated carbocycles. The lowest BCUT2D eigenvalue weighted by molar-refractivity contribution is -0.114. The van der Waals surface area contributed by atoms with Crippen LogP contribution in [0.3, 0.4) is 0 Å². The molecular weight excluding hydrogens is 354 g/mol. The fraction of sp³-hybridized carbons (Fsp3) is 0.0588. The van der Waals surface area contributed by atoms with Crippen LogP contribution in [0.2, 0.25) is 10.0 Å². The van der Waals surface area contributed by atoms with Crippen LogP contribution in [-0.4, -0.2) is 11.8 Å². The Kier molecular flexibility index (Phi) is 5.95. The topological polar surface area (TPSA) is 58.2 Å². The van der Waals surface area contributed by atoms with Crippen LogP contribution in [0, 0.1) is 5.82 Å². The number of amides is 2. The first-order valence-corrected chi connectivity index (χ1v) is 7.62. The van der Waals surface area contributed by atoms with Crippen molar-refractivity contribution in [3.8, 4) is 0 Å². The van der Waals surface area contributed by atoms with Crippen molar-refractivity contribution < 1.29 is 14.0 Å². The van der Waals surface area contributed by atoms with E-state index in [-0.39, 0.29) is 5.69 Å². The Hall–Kier alpha value is -2.37. The molecule has 2 aromatic rings. The molecule has 0 heterocycles. The summed E-state index contributed by atoms with van der Waals surface area (Å²) in [5, 5.41) is 5.64. The fourth-order valence-electron chi connectivity index (χ4n) is 1.89. The molecule has 0 aliphatic heterocycles. The van der Waals surface area contributed by atoms with E-state index in [1.165, 1.54) is 31.2 Å². The Morgan fingerprint density at radius 1 is 1.12 bits per heavy atom. The maximum Gasteiger partial charge on any atom is 0.248 e. The van der Waals surface area contributed by atoms with Crippen molar-refractivity contribution in [2.75, 3.05) is 10.6 Å². The van der Waals surface area contributed by atoms with Crippen molar-refractivity contribution in [2.45, 2.75) is 6.92 Å². The molecule has 0 aliphatic rings. The molecule has 2 aromatic carbocycles. The molecule has 7 heteroatoms. The third-order valence-electron chi connectivity index (χ3n) is 2.94. The highest BCUT2D eigenvalue weighted by Crippen LogP contribution is 2.26. The number of benzene rings is 2. The normalized spacial score (nSPS) is 10.7. The number of anilines is 2. The Balaban J connectivity index is 2.11. The summed E-state index contributed by atoms with van der Waals surface area (Å²) in [5.74, 6) is -1.44. The zero-order chi connectivity index (χ0) is 17.7. The molecule has 24 heavy (non-hydrogen) atoms. The van der Waals surface area contributed by atoms with Gasteiger partial charge in [0.05, 0.1) is 15.7 Å². The largest absolute Gasteiger partial charge is 0.324 e.